The lowest BCUT2D eigenvalue weighted by atomic mass is 10.1. The molecule has 0 aliphatic carbocycles. The number of anilines is 1. The summed E-state index contributed by atoms with van der Waals surface area (Å²) in [6.45, 7) is 3.20. The second-order valence-corrected chi connectivity index (χ2v) is 5.50. The SMILES string of the molecule is CCn1nc(C(=O)O)c(Cl)c1-c1ccc(NC(C)C(F)(F)F)cc1. The molecule has 24 heavy (non-hydrogen) atoms. The van der Waals surface area contributed by atoms with Gasteiger partial charge in [-0.15, -0.1) is 0 Å². The smallest absolute Gasteiger partial charge is 0.408 e. The summed E-state index contributed by atoms with van der Waals surface area (Å²) in [6, 6.07) is 4.38. The molecule has 0 aliphatic rings. The average molecular weight is 362 g/mol. The molecule has 1 heterocycles. The van der Waals surface area contributed by atoms with Crippen LogP contribution in [-0.4, -0.2) is 33.1 Å². The molecule has 0 fully saturated rings. The number of aromatic nitrogens is 2. The number of benzene rings is 1. The van der Waals surface area contributed by atoms with Crippen LogP contribution in [-0.2, 0) is 6.54 Å². The molecule has 0 bridgehead atoms. The van der Waals surface area contributed by atoms with E-state index in [1.165, 1.54) is 16.8 Å². The van der Waals surface area contributed by atoms with Crippen LogP contribution in [0.2, 0.25) is 5.02 Å². The molecule has 5 nitrogen and oxygen atoms in total. The molecule has 0 saturated carbocycles. The van der Waals surface area contributed by atoms with Crippen molar-refractivity contribution < 1.29 is 23.1 Å². The highest BCUT2D eigenvalue weighted by Gasteiger charge is 2.35. The molecule has 1 atom stereocenters. The number of nitrogens with one attached hydrogen (secondary N) is 1. The van der Waals surface area contributed by atoms with Crippen LogP contribution in [0.25, 0.3) is 11.3 Å². The van der Waals surface area contributed by atoms with Crippen LogP contribution in [0.15, 0.2) is 24.3 Å². The second kappa shape index (κ2) is 6.72. The van der Waals surface area contributed by atoms with Crippen molar-refractivity contribution in [1.82, 2.24) is 9.78 Å². The molecule has 0 aliphatic heterocycles. The fraction of sp³-hybridized carbons (Fsp3) is 0.333. The molecule has 1 aromatic heterocycles. The Labute approximate surface area is 141 Å². The quantitative estimate of drug-likeness (QED) is 0.834. The summed E-state index contributed by atoms with van der Waals surface area (Å²) in [6.07, 6.45) is -4.35. The third kappa shape index (κ3) is 3.64. The molecule has 2 N–H and O–H groups in total. The number of halogens is 4. The number of nitrogens with zero attached hydrogens (tertiary/aromatic N) is 2. The first kappa shape index (κ1) is 18.1. The van der Waals surface area contributed by atoms with Crippen LogP contribution in [0.3, 0.4) is 0 Å². The normalized spacial score (nSPS) is 12.9. The lowest BCUT2D eigenvalue weighted by molar-refractivity contribution is -0.138. The number of carbonyl (C=O) groups is 1. The zero-order valence-electron chi connectivity index (χ0n) is 12.9. The summed E-state index contributed by atoms with van der Waals surface area (Å²) in [5, 5.41) is 15.4. The van der Waals surface area contributed by atoms with E-state index < -0.39 is 18.2 Å². The van der Waals surface area contributed by atoms with Gasteiger partial charge in [0.25, 0.3) is 0 Å². The lowest BCUT2D eigenvalue weighted by Crippen LogP contribution is -2.32. The highest BCUT2D eigenvalue weighted by atomic mass is 35.5. The van der Waals surface area contributed by atoms with Gasteiger partial charge >= 0.3 is 12.1 Å². The van der Waals surface area contributed by atoms with E-state index in [9.17, 15) is 18.0 Å². The number of alkyl halides is 3. The lowest BCUT2D eigenvalue weighted by Gasteiger charge is -2.18. The Morgan fingerprint density at radius 1 is 1.38 bits per heavy atom. The van der Waals surface area contributed by atoms with Crippen molar-refractivity contribution in [2.45, 2.75) is 32.6 Å². The van der Waals surface area contributed by atoms with Gasteiger partial charge in [0.15, 0.2) is 5.69 Å². The maximum atomic E-state index is 12.6. The van der Waals surface area contributed by atoms with Crippen molar-refractivity contribution in [2.75, 3.05) is 5.32 Å². The van der Waals surface area contributed by atoms with Gasteiger partial charge in [-0.2, -0.15) is 18.3 Å². The molecule has 0 amide bonds. The summed E-state index contributed by atoms with van der Waals surface area (Å²) >= 11 is 6.09. The van der Waals surface area contributed by atoms with Gasteiger partial charge in [-0.25, -0.2) is 4.79 Å². The number of hydrogen-bond acceptors (Lipinski definition) is 3. The van der Waals surface area contributed by atoms with Gasteiger partial charge in [0.1, 0.15) is 11.1 Å². The van der Waals surface area contributed by atoms with Crippen molar-refractivity contribution in [3.63, 3.8) is 0 Å². The first-order valence-electron chi connectivity index (χ1n) is 7.08. The summed E-state index contributed by atoms with van der Waals surface area (Å²) in [5.74, 6) is -1.24. The Kier molecular flexibility index (Phi) is 5.08. The van der Waals surface area contributed by atoms with Gasteiger partial charge in [0.05, 0.1) is 5.69 Å². The Morgan fingerprint density at radius 2 is 1.96 bits per heavy atom. The number of hydrogen-bond donors (Lipinski definition) is 2. The van der Waals surface area contributed by atoms with E-state index in [1.54, 1.807) is 19.1 Å². The molecule has 1 aromatic carbocycles. The summed E-state index contributed by atoms with van der Waals surface area (Å²) < 4.78 is 39.1. The van der Waals surface area contributed by atoms with Gasteiger partial charge in [-0.1, -0.05) is 23.7 Å². The predicted octanol–water partition coefficient (Wildman–Crippen LogP) is 4.28. The van der Waals surface area contributed by atoms with E-state index in [1.807, 2.05) is 0 Å². The largest absolute Gasteiger partial charge is 0.476 e. The Bertz CT molecular complexity index is 742. The molecule has 0 radical (unpaired) electrons. The van der Waals surface area contributed by atoms with E-state index in [4.69, 9.17) is 16.7 Å². The maximum Gasteiger partial charge on any atom is 0.408 e. The second-order valence-electron chi connectivity index (χ2n) is 5.12. The van der Waals surface area contributed by atoms with Crippen molar-refractivity contribution in [2.24, 2.45) is 0 Å². The van der Waals surface area contributed by atoms with Gasteiger partial charge in [0.2, 0.25) is 0 Å². The van der Waals surface area contributed by atoms with Crippen molar-refractivity contribution in [1.29, 1.82) is 0 Å². The first-order chi connectivity index (χ1) is 11.1. The third-order valence-corrected chi connectivity index (χ3v) is 3.79. The Morgan fingerprint density at radius 3 is 2.42 bits per heavy atom. The minimum absolute atomic E-state index is 0.00582. The molecular weight excluding hydrogens is 347 g/mol. The molecule has 130 valence electrons. The van der Waals surface area contributed by atoms with Crippen LogP contribution >= 0.6 is 11.6 Å². The van der Waals surface area contributed by atoms with Gasteiger partial charge in [-0.3, -0.25) is 4.68 Å². The van der Waals surface area contributed by atoms with E-state index >= 15 is 0 Å². The monoisotopic (exact) mass is 361 g/mol. The van der Waals surface area contributed by atoms with Crippen LogP contribution in [0.4, 0.5) is 18.9 Å². The fourth-order valence-corrected chi connectivity index (χ4v) is 2.46. The summed E-state index contributed by atoms with van der Waals surface area (Å²) in [5.41, 5.74) is 1.00. The van der Waals surface area contributed by atoms with Crippen LogP contribution < -0.4 is 5.32 Å². The number of carboxylic acids is 1. The molecule has 0 saturated heterocycles. The molecular formula is C15H15ClF3N3O2. The predicted molar refractivity (Wildman–Crippen MR) is 84.4 cm³/mol. The zero-order valence-corrected chi connectivity index (χ0v) is 13.6. The van der Waals surface area contributed by atoms with Crippen LogP contribution in [0.5, 0.6) is 0 Å². The molecule has 1 unspecified atom stereocenters. The maximum absolute atomic E-state index is 12.6. The van der Waals surface area contributed by atoms with Crippen molar-refractivity contribution in [3.05, 3.63) is 35.0 Å². The van der Waals surface area contributed by atoms with Gasteiger partial charge < -0.3 is 10.4 Å². The summed E-state index contributed by atoms with van der Waals surface area (Å²) in [7, 11) is 0. The Balaban J connectivity index is 2.33. The number of aromatic carboxylic acids is 1. The minimum Gasteiger partial charge on any atom is -0.476 e. The zero-order chi connectivity index (χ0) is 18.1. The standard InChI is InChI=1S/C15H15ClF3N3O2/c1-3-22-13(11(16)12(21-22)14(23)24)9-4-6-10(7-5-9)20-8(2)15(17,18)19/h4-8,20H,3H2,1-2H3,(H,23,24). The van der Waals surface area contributed by atoms with Gasteiger partial charge in [0, 0.05) is 17.8 Å². The molecule has 2 rings (SSSR count). The first-order valence-corrected chi connectivity index (χ1v) is 7.46. The summed E-state index contributed by atoms with van der Waals surface area (Å²) in [4.78, 5) is 11.1. The van der Waals surface area contributed by atoms with E-state index in [2.05, 4.69) is 10.4 Å². The van der Waals surface area contributed by atoms with E-state index in [0.717, 1.165) is 6.92 Å². The highest BCUT2D eigenvalue weighted by Crippen LogP contribution is 2.32. The average Bonchev–Trinajstić information content (AvgIpc) is 2.84. The van der Waals surface area contributed by atoms with Crippen LogP contribution in [0, 0.1) is 0 Å². The highest BCUT2D eigenvalue weighted by molar-refractivity contribution is 6.35. The van der Waals surface area contributed by atoms with Crippen LogP contribution in [0.1, 0.15) is 24.3 Å². The molecule has 9 heteroatoms. The van der Waals surface area contributed by atoms with Gasteiger partial charge in [-0.05, 0) is 26.0 Å². The fourth-order valence-electron chi connectivity index (χ4n) is 2.14. The van der Waals surface area contributed by atoms with E-state index in [-0.39, 0.29) is 10.7 Å². The van der Waals surface area contributed by atoms with E-state index in [0.29, 0.717) is 23.5 Å². The topological polar surface area (TPSA) is 67.2 Å². The number of carboxylic acid groups (broad SMARTS) is 1. The van der Waals surface area contributed by atoms with Crippen molar-refractivity contribution >= 4 is 23.3 Å². The molecule has 0 spiro atoms. The van der Waals surface area contributed by atoms with Crippen molar-refractivity contribution in [3.8, 4) is 11.3 Å². The molecule has 2 aromatic rings. The minimum atomic E-state index is -4.35. The number of rotatable bonds is 5. The number of aryl methyl sites for hydroxylation is 1. The third-order valence-electron chi connectivity index (χ3n) is 3.43. The Hall–Kier alpha value is -2.22.